The minimum Gasteiger partial charge on any atom is -0.494 e. The first-order valence-electron chi connectivity index (χ1n) is 25.3. The maximum atomic E-state index is 6.24. The van der Waals surface area contributed by atoms with E-state index in [1.54, 1.807) is 0 Å². The molecule has 0 saturated carbocycles. The molecule has 0 aliphatic heterocycles. The number of ether oxygens (including phenoxy) is 2. The van der Waals surface area contributed by atoms with Gasteiger partial charge in [0.1, 0.15) is 11.5 Å². The lowest BCUT2D eigenvalue weighted by molar-refractivity contribution is 0.304. The molecule has 0 amide bonds. The second-order valence-corrected chi connectivity index (χ2v) is 19.3. The first kappa shape index (κ1) is 51.1. The summed E-state index contributed by atoms with van der Waals surface area (Å²) >= 11 is 7.89. The average molecular weight is 929 g/mol. The minimum atomic E-state index is 0.788. The van der Waals surface area contributed by atoms with Crippen LogP contribution in [0, 0.1) is 0 Å². The third-order valence-electron chi connectivity index (χ3n) is 12.5. The molecule has 4 heteroatoms. The van der Waals surface area contributed by atoms with Crippen LogP contribution in [-0.2, 0) is 0 Å². The molecular weight excluding hydrogens is 840 g/mol. The summed E-state index contributed by atoms with van der Waals surface area (Å²) in [5.41, 5.74) is 0. The van der Waals surface area contributed by atoms with Gasteiger partial charge in [0.2, 0.25) is 0 Å². The van der Waals surface area contributed by atoms with Crippen molar-refractivity contribution >= 4 is 53.4 Å². The molecule has 58 heavy (non-hydrogen) atoms. The monoisotopic (exact) mass is 927 g/mol. The van der Waals surface area contributed by atoms with Crippen LogP contribution in [0.2, 0.25) is 0 Å². The first-order valence-corrected chi connectivity index (χ1v) is 26.8. The molecular formula is C54H88Br2O2. The van der Waals surface area contributed by atoms with Crippen LogP contribution in [-0.4, -0.2) is 13.2 Å². The molecule has 0 bridgehead atoms. The Kier molecular flexibility index (Phi) is 31.1. The normalized spacial score (nSPS) is 11.7. The molecule has 0 saturated heterocycles. The van der Waals surface area contributed by atoms with Crippen LogP contribution >= 0.6 is 31.9 Å². The van der Waals surface area contributed by atoms with E-state index >= 15 is 0 Å². The van der Waals surface area contributed by atoms with Gasteiger partial charge in [0.15, 0.2) is 0 Å². The quantitative estimate of drug-likeness (QED) is 0.0418. The Morgan fingerprint density at radius 2 is 0.517 bits per heavy atom. The Labute approximate surface area is 375 Å². The molecule has 0 atom stereocenters. The molecule has 0 aliphatic rings. The van der Waals surface area contributed by atoms with Gasteiger partial charge in [0, 0.05) is 19.7 Å². The summed E-state index contributed by atoms with van der Waals surface area (Å²) in [6.45, 7) is 6.18. The maximum Gasteiger partial charge on any atom is 0.119 e. The highest BCUT2D eigenvalue weighted by molar-refractivity contribution is 9.11. The van der Waals surface area contributed by atoms with Crippen molar-refractivity contribution in [2.75, 3.05) is 13.2 Å². The Hall–Kier alpha value is -1.26. The van der Waals surface area contributed by atoms with Crippen molar-refractivity contribution in [1.29, 1.82) is 0 Å². The smallest absolute Gasteiger partial charge is 0.119 e. The second kappa shape index (κ2) is 35.3. The van der Waals surface area contributed by atoms with Gasteiger partial charge in [-0.3, -0.25) is 0 Å². The highest BCUT2D eigenvalue weighted by Gasteiger charge is 2.13. The lowest BCUT2D eigenvalue weighted by Gasteiger charge is -2.14. The van der Waals surface area contributed by atoms with Crippen LogP contribution < -0.4 is 9.47 Å². The highest BCUT2D eigenvalue weighted by atomic mass is 79.9. The fourth-order valence-electron chi connectivity index (χ4n) is 8.65. The van der Waals surface area contributed by atoms with E-state index in [9.17, 15) is 0 Å². The Morgan fingerprint density at radius 3 is 0.759 bits per heavy atom. The average Bonchev–Trinajstić information content (AvgIpc) is 3.24. The van der Waals surface area contributed by atoms with Crippen LogP contribution in [0.4, 0.5) is 0 Å². The predicted molar refractivity (Wildman–Crippen MR) is 265 cm³/mol. The van der Waals surface area contributed by atoms with Crippen molar-refractivity contribution in [2.24, 2.45) is 0 Å². The van der Waals surface area contributed by atoms with Gasteiger partial charge in [-0.05, 0) is 91.9 Å². The third kappa shape index (κ3) is 23.1. The van der Waals surface area contributed by atoms with Gasteiger partial charge in [-0.25, -0.2) is 0 Å². The summed E-state index contributed by atoms with van der Waals surface area (Å²) in [6, 6.07) is 13.0. The lowest BCUT2D eigenvalue weighted by Crippen LogP contribution is -1.98. The van der Waals surface area contributed by atoms with Gasteiger partial charge in [0.05, 0.1) is 13.2 Å². The van der Waals surface area contributed by atoms with Crippen LogP contribution in [0.5, 0.6) is 11.5 Å². The summed E-state index contributed by atoms with van der Waals surface area (Å²) in [5.74, 6) is 1.91. The van der Waals surface area contributed by atoms with Gasteiger partial charge in [-0.1, -0.05) is 232 Å². The van der Waals surface area contributed by atoms with Gasteiger partial charge < -0.3 is 9.47 Å². The van der Waals surface area contributed by atoms with E-state index in [-0.39, 0.29) is 0 Å². The Bertz CT molecular complexity index is 1310. The SMILES string of the molecule is CCCCCCCCCCCCCCCCCCCCOc1ccc2c(Br)c3cc(OCCCCCCCCCCCCCCCCCCCC)ccc3c(Br)c2c1. The highest BCUT2D eigenvalue weighted by Crippen LogP contribution is 2.42. The zero-order valence-electron chi connectivity index (χ0n) is 37.9. The topological polar surface area (TPSA) is 18.5 Å². The summed E-state index contributed by atoms with van der Waals surface area (Å²) in [7, 11) is 0. The molecule has 3 aromatic carbocycles. The van der Waals surface area contributed by atoms with Crippen LogP contribution in [0.1, 0.15) is 245 Å². The summed E-state index contributed by atoms with van der Waals surface area (Å²) < 4.78 is 14.7. The van der Waals surface area contributed by atoms with E-state index in [4.69, 9.17) is 9.47 Å². The number of unbranched alkanes of at least 4 members (excludes halogenated alkanes) is 34. The molecule has 0 N–H and O–H groups in total. The summed E-state index contributed by atoms with van der Waals surface area (Å²) in [5, 5.41) is 4.75. The Balaban J connectivity index is 1.19. The van der Waals surface area contributed by atoms with Crippen molar-refractivity contribution in [1.82, 2.24) is 0 Å². The molecule has 0 aromatic heterocycles. The molecule has 0 unspecified atom stereocenters. The number of halogens is 2. The molecule has 0 radical (unpaired) electrons. The van der Waals surface area contributed by atoms with Crippen LogP contribution in [0.3, 0.4) is 0 Å². The number of hydrogen-bond acceptors (Lipinski definition) is 2. The first-order chi connectivity index (χ1) is 28.7. The second-order valence-electron chi connectivity index (χ2n) is 17.8. The molecule has 2 nitrogen and oxygen atoms in total. The molecule has 330 valence electrons. The molecule has 3 rings (SSSR count). The van der Waals surface area contributed by atoms with Gasteiger partial charge in [-0.15, -0.1) is 0 Å². The number of benzene rings is 3. The van der Waals surface area contributed by atoms with Gasteiger partial charge in [-0.2, -0.15) is 0 Å². The van der Waals surface area contributed by atoms with Crippen LogP contribution in [0.15, 0.2) is 45.3 Å². The van der Waals surface area contributed by atoms with Crippen molar-refractivity contribution in [3.63, 3.8) is 0 Å². The molecule has 0 spiro atoms. The Morgan fingerprint density at radius 1 is 0.293 bits per heavy atom. The molecule has 0 fully saturated rings. The zero-order valence-corrected chi connectivity index (χ0v) is 41.1. The van der Waals surface area contributed by atoms with Crippen molar-refractivity contribution in [2.45, 2.75) is 245 Å². The number of hydrogen-bond donors (Lipinski definition) is 0. The summed E-state index contributed by atoms with van der Waals surface area (Å²) in [4.78, 5) is 0. The minimum absolute atomic E-state index is 0.788. The lowest BCUT2D eigenvalue weighted by atomic mass is 10.0. The molecule has 0 heterocycles. The fourth-order valence-corrected chi connectivity index (χ4v) is 10.00. The molecule has 3 aromatic rings. The maximum absolute atomic E-state index is 6.24. The zero-order chi connectivity index (χ0) is 41.1. The van der Waals surface area contributed by atoms with Crippen LogP contribution in [0.25, 0.3) is 21.5 Å². The number of fused-ring (bicyclic) bond motifs is 2. The van der Waals surface area contributed by atoms with E-state index < -0.39 is 0 Å². The van der Waals surface area contributed by atoms with E-state index in [1.807, 2.05) is 0 Å². The largest absolute Gasteiger partial charge is 0.494 e. The van der Waals surface area contributed by atoms with E-state index in [0.717, 1.165) is 46.5 Å². The predicted octanol–water partition coefficient (Wildman–Crippen LogP) is 20.4. The van der Waals surface area contributed by atoms with Crippen molar-refractivity contribution < 1.29 is 9.47 Å². The fraction of sp³-hybridized carbons (Fsp3) is 0.741. The standard InChI is InChI=1S/C54H88Br2O2/c1-3-5-7-9-11-13-15-17-19-21-23-25-27-29-31-33-35-37-43-57-47-39-41-49-51(45-47)53(55)50-42-40-48(46-52(50)54(49)56)58-44-38-36-34-32-30-28-26-24-22-20-18-16-14-12-10-8-6-4-2/h39-42,45-46H,3-38,43-44H2,1-2H3. The van der Waals surface area contributed by atoms with E-state index in [2.05, 4.69) is 82.1 Å². The molecule has 0 aliphatic carbocycles. The third-order valence-corrected chi connectivity index (χ3v) is 14.2. The van der Waals surface area contributed by atoms with Gasteiger partial charge >= 0.3 is 0 Å². The van der Waals surface area contributed by atoms with E-state index in [0.29, 0.717) is 0 Å². The number of rotatable bonds is 40. The summed E-state index contributed by atoms with van der Waals surface area (Å²) in [6.07, 6.45) is 50.3. The van der Waals surface area contributed by atoms with Crippen molar-refractivity contribution in [3.8, 4) is 11.5 Å². The van der Waals surface area contributed by atoms with Crippen molar-refractivity contribution in [3.05, 3.63) is 45.3 Å². The van der Waals surface area contributed by atoms with Gasteiger partial charge in [0.25, 0.3) is 0 Å². The van der Waals surface area contributed by atoms with E-state index in [1.165, 1.54) is 240 Å².